The normalized spacial score (nSPS) is 17.6. The number of nitrogens with two attached hydrogens (primary N) is 1. The van der Waals surface area contributed by atoms with Crippen LogP contribution in [0.1, 0.15) is 19.3 Å². The molecule has 1 aliphatic rings. The molecule has 6 heteroatoms. The molecule has 0 atom stereocenters. The maximum absolute atomic E-state index is 10.4. The Hall–Kier alpha value is -1.69. The van der Waals surface area contributed by atoms with E-state index in [4.69, 9.17) is 5.73 Å². The van der Waals surface area contributed by atoms with Crippen molar-refractivity contribution in [3.8, 4) is 0 Å². The van der Waals surface area contributed by atoms with Crippen molar-refractivity contribution in [2.24, 2.45) is 5.73 Å². The van der Waals surface area contributed by atoms with Gasteiger partial charge in [-0.1, -0.05) is 0 Å². The maximum atomic E-state index is 10.4. The fourth-order valence-electron chi connectivity index (χ4n) is 1.67. The van der Waals surface area contributed by atoms with Gasteiger partial charge in [0.05, 0.1) is 4.92 Å². The van der Waals surface area contributed by atoms with E-state index in [0.717, 1.165) is 12.8 Å². The second-order valence-corrected chi connectivity index (χ2v) is 4.23. The van der Waals surface area contributed by atoms with Crippen molar-refractivity contribution < 1.29 is 4.92 Å². The Labute approximate surface area is 93.0 Å². The van der Waals surface area contributed by atoms with Crippen LogP contribution in [0, 0.1) is 10.1 Å². The molecule has 2 rings (SSSR count). The quantitative estimate of drug-likeness (QED) is 0.591. The van der Waals surface area contributed by atoms with Gasteiger partial charge in [0, 0.05) is 18.2 Å². The third-order valence-corrected chi connectivity index (χ3v) is 2.93. The first kappa shape index (κ1) is 10.8. The van der Waals surface area contributed by atoms with Gasteiger partial charge in [-0.25, -0.2) is 4.98 Å². The third-order valence-electron chi connectivity index (χ3n) is 2.93. The van der Waals surface area contributed by atoms with Gasteiger partial charge in [0.1, 0.15) is 12.0 Å². The summed E-state index contributed by atoms with van der Waals surface area (Å²) >= 11 is 0. The Morgan fingerprint density at radius 1 is 1.56 bits per heavy atom. The van der Waals surface area contributed by atoms with Crippen LogP contribution in [0.4, 0.5) is 11.5 Å². The average Bonchev–Trinajstić information content (AvgIpc) is 2.24. The lowest BCUT2D eigenvalue weighted by molar-refractivity contribution is -0.385. The summed E-state index contributed by atoms with van der Waals surface area (Å²) in [6.45, 7) is 0.664. The van der Waals surface area contributed by atoms with Crippen molar-refractivity contribution in [3.63, 3.8) is 0 Å². The van der Waals surface area contributed by atoms with E-state index >= 15 is 0 Å². The number of rotatable bonds is 4. The summed E-state index contributed by atoms with van der Waals surface area (Å²) in [5, 5.41) is 13.5. The molecule has 0 saturated heterocycles. The van der Waals surface area contributed by atoms with Gasteiger partial charge >= 0.3 is 0 Å². The van der Waals surface area contributed by atoms with Gasteiger partial charge in [-0.3, -0.25) is 10.1 Å². The molecule has 1 aromatic heterocycles. The van der Waals surface area contributed by atoms with E-state index in [2.05, 4.69) is 10.3 Å². The van der Waals surface area contributed by atoms with Crippen molar-refractivity contribution in [1.82, 2.24) is 4.98 Å². The molecule has 86 valence electrons. The number of nitro groups is 1. The highest BCUT2D eigenvalue weighted by atomic mass is 16.6. The van der Waals surface area contributed by atoms with E-state index in [1.807, 2.05) is 0 Å². The number of anilines is 1. The van der Waals surface area contributed by atoms with Gasteiger partial charge in [0.2, 0.25) is 0 Å². The molecular weight excluding hydrogens is 208 g/mol. The molecule has 1 aromatic rings. The average molecular weight is 222 g/mol. The molecule has 0 unspecified atom stereocenters. The number of pyridine rings is 1. The van der Waals surface area contributed by atoms with Crippen LogP contribution in [0.2, 0.25) is 0 Å². The van der Waals surface area contributed by atoms with E-state index in [1.54, 1.807) is 6.07 Å². The lowest BCUT2D eigenvalue weighted by atomic mass is 9.78. The molecule has 0 aromatic carbocycles. The number of hydrogen-bond donors (Lipinski definition) is 2. The van der Waals surface area contributed by atoms with Crippen LogP contribution in [-0.4, -0.2) is 22.0 Å². The van der Waals surface area contributed by atoms with E-state index in [1.165, 1.54) is 18.7 Å². The number of nitrogens with one attached hydrogen (secondary N) is 1. The minimum atomic E-state index is -0.465. The monoisotopic (exact) mass is 222 g/mol. The molecule has 1 fully saturated rings. The van der Waals surface area contributed by atoms with Gasteiger partial charge < -0.3 is 11.1 Å². The molecule has 0 amide bonds. The Morgan fingerprint density at radius 2 is 2.31 bits per heavy atom. The van der Waals surface area contributed by atoms with Gasteiger partial charge in [-0.05, 0) is 25.3 Å². The number of nitrogens with zero attached hydrogens (tertiary/aromatic N) is 2. The Balaban J connectivity index is 1.92. The van der Waals surface area contributed by atoms with E-state index in [-0.39, 0.29) is 11.2 Å². The van der Waals surface area contributed by atoms with Crippen LogP contribution >= 0.6 is 0 Å². The van der Waals surface area contributed by atoms with Crippen LogP contribution in [0.15, 0.2) is 18.3 Å². The highest BCUT2D eigenvalue weighted by Gasteiger charge is 2.32. The molecule has 16 heavy (non-hydrogen) atoms. The van der Waals surface area contributed by atoms with Crippen molar-refractivity contribution >= 4 is 11.5 Å². The summed E-state index contributed by atoms with van der Waals surface area (Å²) in [6.07, 6.45) is 4.46. The zero-order valence-electron chi connectivity index (χ0n) is 8.85. The first-order chi connectivity index (χ1) is 7.59. The molecule has 1 heterocycles. The Morgan fingerprint density at radius 3 is 2.75 bits per heavy atom. The van der Waals surface area contributed by atoms with Crippen molar-refractivity contribution in [1.29, 1.82) is 0 Å². The highest BCUT2D eigenvalue weighted by molar-refractivity contribution is 5.40. The summed E-state index contributed by atoms with van der Waals surface area (Å²) in [5.74, 6) is 0.627. The van der Waals surface area contributed by atoms with Gasteiger partial charge in [-0.15, -0.1) is 0 Å². The molecule has 0 radical (unpaired) electrons. The number of aromatic nitrogens is 1. The van der Waals surface area contributed by atoms with Crippen LogP contribution in [0.5, 0.6) is 0 Å². The van der Waals surface area contributed by atoms with Crippen molar-refractivity contribution in [2.75, 3.05) is 11.9 Å². The molecular formula is C10H14N4O2. The van der Waals surface area contributed by atoms with Crippen LogP contribution in [0.3, 0.4) is 0 Å². The van der Waals surface area contributed by atoms with E-state index in [0.29, 0.717) is 12.4 Å². The van der Waals surface area contributed by atoms with E-state index in [9.17, 15) is 10.1 Å². The van der Waals surface area contributed by atoms with Crippen molar-refractivity contribution in [3.05, 3.63) is 28.4 Å². The first-order valence-corrected chi connectivity index (χ1v) is 5.22. The molecule has 6 nitrogen and oxygen atoms in total. The van der Waals surface area contributed by atoms with Gasteiger partial charge in [0.15, 0.2) is 0 Å². The predicted octanol–water partition coefficient (Wildman–Crippen LogP) is 1.28. The maximum Gasteiger partial charge on any atom is 0.287 e. The fourth-order valence-corrected chi connectivity index (χ4v) is 1.67. The molecule has 1 aliphatic carbocycles. The van der Waals surface area contributed by atoms with Gasteiger partial charge in [0.25, 0.3) is 5.69 Å². The summed E-state index contributed by atoms with van der Waals surface area (Å²) in [5.41, 5.74) is 5.91. The largest absolute Gasteiger partial charge is 0.368 e. The summed E-state index contributed by atoms with van der Waals surface area (Å²) in [7, 11) is 0. The summed E-state index contributed by atoms with van der Waals surface area (Å²) < 4.78 is 0. The van der Waals surface area contributed by atoms with Gasteiger partial charge in [-0.2, -0.15) is 0 Å². The Bertz CT molecular complexity index is 386. The standard InChI is InChI=1S/C10H14N4O2/c11-10(4-1-5-10)7-13-9-3-2-8(6-12-9)14(15)16/h2-3,6H,1,4-5,7,11H2,(H,12,13). The minimum Gasteiger partial charge on any atom is -0.368 e. The third kappa shape index (κ3) is 2.27. The number of hydrogen-bond acceptors (Lipinski definition) is 5. The highest BCUT2D eigenvalue weighted by Crippen LogP contribution is 2.29. The van der Waals surface area contributed by atoms with Crippen LogP contribution < -0.4 is 11.1 Å². The second-order valence-electron chi connectivity index (χ2n) is 4.23. The smallest absolute Gasteiger partial charge is 0.287 e. The molecule has 0 aliphatic heterocycles. The first-order valence-electron chi connectivity index (χ1n) is 5.22. The molecule has 0 bridgehead atoms. The van der Waals surface area contributed by atoms with Crippen LogP contribution in [-0.2, 0) is 0 Å². The Kier molecular flexibility index (Phi) is 2.74. The minimum absolute atomic E-state index is 0.00310. The lowest BCUT2D eigenvalue weighted by Crippen LogP contribution is -2.52. The SMILES string of the molecule is NC1(CNc2ccc([N+](=O)[O-])cn2)CCC1. The molecule has 1 saturated carbocycles. The predicted molar refractivity (Wildman–Crippen MR) is 60.2 cm³/mol. The molecule has 0 spiro atoms. The van der Waals surface area contributed by atoms with Crippen molar-refractivity contribution in [2.45, 2.75) is 24.8 Å². The topological polar surface area (TPSA) is 94.1 Å². The van der Waals surface area contributed by atoms with Crippen LogP contribution in [0.25, 0.3) is 0 Å². The fraction of sp³-hybridized carbons (Fsp3) is 0.500. The zero-order chi connectivity index (χ0) is 11.6. The lowest BCUT2D eigenvalue weighted by Gasteiger charge is -2.38. The summed E-state index contributed by atoms with van der Waals surface area (Å²) in [6, 6.07) is 3.03. The van der Waals surface area contributed by atoms with E-state index < -0.39 is 4.92 Å². The summed E-state index contributed by atoms with van der Waals surface area (Å²) in [4.78, 5) is 13.9. The molecule has 3 N–H and O–H groups in total. The zero-order valence-corrected chi connectivity index (χ0v) is 8.85. The second kappa shape index (κ2) is 4.05.